The highest BCUT2D eigenvalue weighted by molar-refractivity contribution is 5.94. The number of benzene rings is 1. The third-order valence-corrected chi connectivity index (χ3v) is 7.27. The lowest BCUT2D eigenvalue weighted by Gasteiger charge is -2.25. The quantitative estimate of drug-likeness (QED) is 0.0733. The molecule has 0 aliphatic carbocycles. The van der Waals surface area contributed by atoms with Gasteiger partial charge in [0.1, 0.15) is 18.1 Å². The lowest BCUT2D eigenvalue weighted by molar-refractivity contribution is -0.142. The number of aliphatic carboxylic acids is 1. The van der Waals surface area contributed by atoms with Crippen LogP contribution < -0.4 is 21.7 Å². The Balaban J connectivity index is 1.32. The topological polar surface area (TPSA) is 252 Å². The predicted molar refractivity (Wildman–Crippen MR) is 160 cm³/mol. The van der Waals surface area contributed by atoms with Gasteiger partial charge in [-0.15, -0.1) is 0 Å². The molecule has 0 bridgehead atoms. The predicted octanol–water partition coefficient (Wildman–Crippen LogP) is -0.526. The highest BCUT2D eigenvalue weighted by Crippen LogP contribution is 2.19. The average molecular weight is 616 g/mol. The van der Waals surface area contributed by atoms with Crippen LogP contribution in [0.1, 0.15) is 22.6 Å². The molecule has 5 aromatic rings. The summed E-state index contributed by atoms with van der Waals surface area (Å²) < 4.78 is 0. The fourth-order valence-corrected chi connectivity index (χ4v) is 4.92. The molecular formula is C29H33N11O5. The van der Waals surface area contributed by atoms with Crippen molar-refractivity contribution < 1.29 is 24.3 Å². The first kappa shape index (κ1) is 30.7. The third kappa shape index (κ3) is 7.99. The van der Waals surface area contributed by atoms with Gasteiger partial charge in [-0.1, -0.05) is 18.2 Å². The zero-order chi connectivity index (χ0) is 31.8. The molecule has 5 rings (SSSR count). The Labute approximate surface area is 256 Å². The molecule has 45 heavy (non-hydrogen) atoms. The van der Waals surface area contributed by atoms with Crippen LogP contribution in [0, 0.1) is 0 Å². The number of aromatic amines is 4. The number of amides is 3. The minimum Gasteiger partial charge on any atom is -0.480 e. The number of aromatic nitrogens is 7. The number of nitrogens with zero attached hydrogens (tertiary/aromatic N) is 3. The van der Waals surface area contributed by atoms with Crippen LogP contribution in [0.25, 0.3) is 10.9 Å². The Hall–Kier alpha value is -5.77. The van der Waals surface area contributed by atoms with E-state index in [2.05, 4.69) is 50.8 Å². The summed E-state index contributed by atoms with van der Waals surface area (Å²) in [6.07, 6.45) is 10.7. The van der Waals surface area contributed by atoms with Crippen molar-refractivity contribution in [2.75, 3.05) is 0 Å². The molecule has 0 radical (unpaired) electrons. The van der Waals surface area contributed by atoms with Crippen LogP contribution in [0.2, 0.25) is 0 Å². The van der Waals surface area contributed by atoms with E-state index in [1.54, 1.807) is 12.4 Å². The molecular weight excluding hydrogens is 582 g/mol. The van der Waals surface area contributed by atoms with E-state index < -0.39 is 47.9 Å². The van der Waals surface area contributed by atoms with Crippen molar-refractivity contribution in [2.45, 2.75) is 49.9 Å². The largest absolute Gasteiger partial charge is 0.480 e. The molecule has 4 heterocycles. The molecule has 0 spiro atoms. The standard InChI is InChI=1S/C29H33N11O5/c30-21(6-17-10-31-13-35-17)26(41)38-23(7-18-11-32-14-36-18)27(42)39-24(8-19-12-33-15-37-19)28(43)40-25(29(44)45)5-16-9-34-22-4-2-1-3-20(16)22/h1-4,9-15,21,23-25,34H,5-8,30H2,(H,31,35)(H,32,36)(H,33,37)(H,38,41)(H,39,42)(H,40,43)(H,44,45). The number of fused-ring (bicyclic) bond motifs is 1. The van der Waals surface area contributed by atoms with Crippen LogP contribution in [-0.4, -0.2) is 87.9 Å². The van der Waals surface area contributed by atoms with Gasteiger partial charge in [0, 0.05) is 78.5 Å². The maximum Gasteiger partial charge on any atom is 0.326 e. The summed E-state index contributed by atoms with van der Waals surface area (Å²) in [7, 11) is 0. The first-order chi connectivity index (χ1) is 21.8. The minimum absolute atomic E-state index is 0.00252. The number of nitrogens with two attached hydrogens (primary N) is 1. The van der Waals surface area contributed by atoms with Gasteiger partial charge < -0.3 is 46.7 Å². The molecule has 4 unspecified atom stereocenters. The second-order valence-corrected chi connectivity index (χ2v) is 10.5. The second kappa shape index (κ2) is 14.1. The molecule has 1 aromatic carbocycles. The van der Waals surface area contributed by atoms with Gasteiger partial charge in [-0.05, 0) is 11.6 Å². The van der Waals surface area contributed by atoms with E-state index in [4.69, 9.17) is 5.73 Å². The summed E-state index contributed by atoms with van der Waals surface area (Å²) in [5.41, 5.74) is 9.36. The van der Waals surface area contributed by atoms with Gasteiger partial charge in [-0.2, -0.15) is 0 Å². The molecule has 0 saturated carbocycles. The Morgan fingerprint density at radius 1 is 0.689 bits per heavy atom. The molecule has 10 N–H and O–H groups in total. The summed E-state index contributed by atoms with van der Waals surface area (Å²) in [5.74, 6) is -3.25. The summed E-state index contributed by atoms with van der Waals surface area (Å²) in [5, 5.41) is 18.7. The molecule has 0 saturated heterocycles. The van der Waals surface area contributed by atoms with E-state index in [0.717, 1.165) is 10.9 Å². The average Bonchev–Trinajstić information content (AvgIpc) is 3.85. The van der Waals surface area contributed by atoms with Crippen molar-refractivity contribution >= 4 is 34.6 Å². The van der Waals surface area contributed by atoms with Crippen molar-refractivity contribution in [1.29, 1.82) is 0 Å². The fourth-order valence-electron chi connectivity index (χ4n) is 4.92. The monoisotopic (exact) mass is 615 g/mol. The van der Waals surface area contributed by atoms with E-state index in [1.807, 2.05) is 24.3 Å². The number of para-hydroxylation sites is 1. The van der Waals surface area contributed by atoms with Crippen molar-refractivity contribution in [2.24, 2.45) is 5.73 Å². The molecule has 4 aromatic heterocycles. The Bertz CT molecular complexity index is 1710. The zero-order valence-corrected chi connectivity index (χ0v) is 24.0. The Morgan fingerprint density at radius 3 is 1.73 bits per heavy atom. The number of carboxylic acid groups (broad SMARTS) is 1. The van der Waals surface area contributed by atoms with E-state index >= 15 is 0 Å². The molecule has 4 atom stereocenters. The van der Waals surface area contributed by atoms with Crippen LogP contribution in [0.3, 0.4) is 0 Å². The fraction of sp³-hybridized carbons (Fsp3) is 0.276. The summed E-state index contributed by atoms with van der Waals surface area (Å²) in [4.78, 5) is 76.1. The minimum atomic E-state index is -1.29. The van der Waals surface area contributed by atoms with Crippen molar-refractivity contribution in [1.82, 2.24) is 50.8 Å². The normalized spacial score (nSPS) is 13.9. The highest BCUT2D eigenvalue weighted by Gasteiger charge is 2.31. The number of carbonyl (C=O) groups excluding carboxylic acids is 3. The van der Waals surface area contributed by atoms with Gasteiger partial charge in [0.25, 0.3) is 0 Å². The molecule has 0 fully saturated rings. The molecule has 0 aliphatic heterocycles. The van der Waals surface area contributed by atoms with Gasteiger partial charge in [0.05, 0.1) is 25.0 Å². The van der Waals surface area contributed by atoms with Crippen molar-refractivity contribution in [3.05, 3.63) is 90.7 Å². The van der Waals surface area contributed by atoms with Gasteiger partial charge in [-0.25, -0.2) is 19.7 Å². The van der Waals surface area contributed by atoms with Gasteiger partial charge >= 0.3 is 5.97 Å². The van der Waals surface area contributed by atoms with Gasteiger partial charge in [0.2, 0.25) is 17.7 Å². The first-order valence-electron chi connectivity index (χ1n) is 14.1. The maximum atomic E-state index is 13.7. The highest BCUT2D eigenvalue weighted by atomic mass is 16.4. The number of carbonyl (C=O) groups is 4. The lowest BCUT2D eigenvalue weighted by atomic mass is 10.0. The second-order valence-electron chi connectivity index (χ2n) is 10.5. The summed E-state index contributed by atoms with van der Waals surface area (Å²) in [6.45, 7) is 0. The maximum absolute atomic E-state index is 13.7. The molecule has 16 heteroatoms. The van der Waals surface area contributed by atoms with Gasteiger partial charge in [-0.3, -0.25) is 14.4 Å². The van der Waals surface area contributed by atoms with E-state index in [-0.39, 0.29) is 25.7 Å². The number of hydrogen-bond donors (Lipinski definition) is 9. The smallest absolute Gasteiger partial charge is 0.326 e. The first-order valence-corrected chi connectivity index (χ1v) is 14.1. The third-order valence-electron chi connectivity index (χ3n) is 7.27. The number of nitrogens with one attached hydrogen (secondary N) is 7. The van der Waals surface area contributed by atoms with E-state index in [0.29, 0.717) is 22.6 Å². The van der Waals surface area contributed by atoms with E-state index in [1.165, 1.54) is 31.4 Å². The molecule has 0 aliphatic rings. The number of imidazole rings is 3. The van der Waals surface area contributed by atoms with Gasteiger partial charge in [0.15, 0.2) is 0 Å². The van der Waals surface area contributed by atoms with Crippen LogP contribution >= 0.6 is 0 Å². The van der Waals surface area contributed by atoms with Crippen LogP contribution in [-0.2, 0) is 44.9 Å². The number of carboxylic acids is 1. The van der Waals surface area contributed by atoms with E-state index in [9.17, 15) is 24.3 Å². The van der Waals surface area contributed by atoms with Crippen LogP contribution in [0.5, 0.6) is 0 Å². The zero-order valence-electron chi connectivity index (χ0n) is 24.0. The Kier molecular flexibility index (Phi) is 9.64. The molecule has 16 nitrogen and oxygen atoms in total. The lowest BCUT2D eigenvalue weighted by Crippen LogP contribution is -2.58. The summed E-state index contributed by atoms with van der Waals surface area (Å²) in [6, 6.07) is 2.77. The number of hydrogen-bond acceptors (Lipinski definition) is 8. The molecule has 234 valence electrons. The SMILES string of the molecule is NC(Cc1cnc[nH]1)C(=O)NC(Cc1cnc[nH]1)C(=O)NC(Cc1cnc[nH]1)C(=O)NC(Cc1c[nH]c2ccccc12)C(=O)O. The number of rotatable bonds is 15. The Morgan fingerprint density at radius 2 is 1.20 bits per heavy atom. The molecule has 3 amide bonds. The number of H-pyrrole nitrogens is 4. The van der Waals surface area contributed by atoms with Crippen LogP contribution in [0.4, 0.5) is 0 Å². The van der Waals surface area contributed by atoms with Crippen molar-refractivity contribution in [3.63, 3.8) is 0 Å². The van der Waals surface area contributed by atoms with Crippen LogP contribution in [0.15, 0.2) is 68.0 Å². The van der Waals surface area contributed by atoms with Crippen molar-refractivity contribution in [3.8, 4) is 0 Å². The summed E-state index contributed by atoms with van der Waals surface area (Å²) >= 11 is 0.